The lowest BCUT2D eigenvalue weighted by Crippen LogP contribution is -2.43. The summed E-state index contributed by atoms with van der Waals surface area (Å²) < 4.78 is 46.3. The highest BCUT2D eigenvalue weighted by Crippen LogP contribution is 2.53. The molecule has 9 heteroatoms. The van der Waals surface area contributed by atoms with Crippen LogP contribution >= 0.6 is 0 Å². The van der Waals surface area contributed by atoms with Crippen molar-refractivity contribution in [2.24, 2.45) is 0 Å². The molecule has 39 heavy (non-hydrogen) atoms. The minimum Gasteiger partial charge on any atom is -0.489 e. The second-order valence-electron chi connectivity index (χ2n) is 11.7. The molecule has 1 fully saturated rings. The lowest BCUT2D eigenvalue weighted by molar-refractivity contribution is -0.143. The summed E-state index contributed by atoms with van der Waals surface area (Å²) in [4.78, 5) is 28.4. The quantitative estimate of drug-likeness (QED) is 0.437. The van der Waals surface area contributed by atoms with E-state index < -0.39 is 17.5 Å². The SMILES string of the molecule is CCOC(=O)C[C@@H]1CC2(CCN(c3cc4c(cc3F)N(C(=O)OC(C)(C)C)CCO4)CC2)c2cc(F)ccc21. The van der Waals surface area contributed by atoms with Gasteiger partial charge in [0.2, 0.25) is 0 Å². The molecule has 0 aromatic heterocycles. The van der Waals surface area contributed by atoms with Crippen molar-refractivity contribution in [1.82, 2.24) is 0 Å². The number of fused-ring (bicyclic) bond motifs is 3. The van der Waals surface area contributed by atoms with E-state index in [0.717, 1.165) is 17.5 Å². The molecule has 7 nitrogen and oxygen atoms in total. The second-order valence-corrected chi connectivity index (χ2v) is 11.7. The predicted octanol–water partition coefficient (Wildman–Crippen LogP) is 6.08. The van der Waals surface area contributed by atoms with Gasteiger partial charge in [-0.15, -0.1) is 0 Å². The smallest absolute Gasteiger partial charge is 0.415 e. The summed E-state index contributed by atoms with van der Waals surface area (Å²) in [5.41, 5.74) is 1.78. The van der Waals surface area contributed by atoms with Gasteiger partial charge in [0.1, 0.15) is 29.6 Å². The lowest BCUT2D eigenvalue weighted by Gasteiger charge is -2.42. The molecule has 2 aliphatic heterocycles. The van der Waals surface area contributed by atoms with E-state index in [1.54, 1.807) is 45.9 Å². The third-order valence-electron chi connectivity index (χ3n) is 7.95. The Kier molecular flexibility index (Phi) is 7.20. The van der Waals surface area contributed by atoms with Crippen LogP contribution in [-0.2, 0) is 19.7 Å². The molecule has 0 unspecified atom stereocenters. The van der Waals surface area contributed by atoms with Crippen LogP contribution in [0.1, 0.15) is 70.4 Å². The lowest BCUT2D eigenvalue weighted by atomic mass is 9.73. The average molecular weight is 543 g/mol. The van der Waals surface area contributed by atoms with Gasteiger partial charge in [-0.25, -0.2) is 13.6 Å². The maximum atomic E-state index is 15.5. The first-order chi connectivity index (χ1) is 18.5. The molecule has 1 aliphatic carbocycles. The molecule has 0 bridgehead atoms. The highest BCUT2D eigenvalue weighted by molar-refractivity contribution is 5.91. The van der Waals surface area contributed by atoms with Crippen LogP contribution in [0.5, 0.6) is 5.75 Å². The molecule has 2 aromatic rings. The van der Waals surface area contributed by atoms with Gasteiger partial charge >= 0.3 is 12.1 Å². The predicted molar refractivity (Wildman–Crippen MR) is 144 cm³/mol. The van der Waals surface area contributed by atoms with Crippen molar-refractivity contribution in [2.45, 2.75) is 70.3 Å². The molecule has 5 rings (SSSR count). The van der Waals surface area contributed by atoms with Crippen LogP contribution in [0.15, 0.2) is 30.3 Å². The van der Waals surface area contributed by atoms with E-state index in [4.69, 9.17) is 14.2 Å². The summed E-state index contributed by atoms with van der Waals surface area (Å²) in [6.45, 7) is 9.15. The van der Waals surface area contributed by atoms with E-state index in [1.165, 1.54) is 17.0 Å². The van der Waals surface area contributed by atoms with Gasteiger partial charge in [0.25, 0.3) is 0 Å². The zero-order valence-electron chi connectivity index (χ0n) is 23.0. The molecular formula is C30H36F2N2O5. The molecule has 1 amide bonds. The first kappa shape index (κ1) is 27.2. The Hall–Kier alpha value is -3.36. The minimum atomic E-state index is -0.672. The minimum absolute atomic E-state index is 0.0288. The third kappa shape index (κ3) is 5.40. The number of ether oxygens (including phenoxy) is 3. The summed E-state index contributed by atoms with van der Waals surface area (Å²) in [6.07, 6.45) is 1.86. The van der Waals surface area contributed by atoms with Crippen molar-refractivity contribution in [2.75, 3.05) is 42.6 Å². The van der Waals surface area contributed by atoms with Gasteiger partial charge in [-0.1, -0.05) is 6.07 Å². The van der Waals surface area contributed by atoms with E-state index in [1.807, 2.05) is 4.90 Å². The van der Waals surface area contributed by atoms with Gasteiger partial charge in [-0.3, -0.25) is 9.69 Å². The Bertz CT molecular complexity index is 1270. The van der Waals surface area contributed by atoms with Crippen LogP contribution in [-0.4, -0.2) is 50.5 Å². The van der Waals surface area contributed by atoms with Crippen LogP contribution in [0, 0.1) is 11.6 Å². The molecule has 2 aromatic carbocycles. The zero-order valence-corrected chi connectivity index (χ0v) is 23.0. The van der Waals surface area contributed by atoms with Crippen LogP contribution < -0.4 is 14.5 Å². The van der Waals surface area contributed by atoms with E-state index >= 15 is 4.39 Å². The zero-order chi connectivity index (χ0) is 27.9. The number of rotatable bonds is 4. The highest BCUT2D eigenvalue weighted by atomic mass is 19.1. The van der Waals surface area contributed by atoms with Crippen molar-refractivity contribution in [1.29, 1.82) is 0 Å². The molecule has 2 heterocycles. The standard InChI is InChI=1S/C30H36F2N2O5/c1-5-37-27(35)14-19-18-30(22-15-20(31)6-7-21(19)22)8-10-33(11-9-30)24-17-26-25(16-23(24)32)34(12-13-38-26)28(36)39-29(2,3)4/h6-7,15-17,19H,5,8-14,18H2,1-4H3/t19-/m1/s1. The van der Waals surface area contributed by atoms with E-state index in [9.17, 15) is 14.0 Å². The first-order valence-corrected chi connectivity index (χ1v) is 13.7. The largest absolute Gasteiger partial charge is 0.489 e. The number of anilines is 2. The Labute approximate surface area is 228 Å². The molecule has 0 N–H and O–H groups in total. The van der Waals surface area contributed by atoms with Crippen molar-refractivity contribution < 1.29 is 32.6 Å². The Morgan fingerprint density at radius 3 is 2.51 bits per heavy atom. The van der Waals surface area contributed by atoms with E-state index in [-0.39, 0.29) is 42.7 Å². The molecule has 1 saturated heterocycles. The number of benzene rings is 2. The van der Waals surface area contributed by atoms with Gasteiger partial charge in [-0.2, -0.15) is 0 Å². The second kappa shape index (κ2) is 10.3. The number of carbonyl (C=O) groups excluding carboxylic acids is 2. The number of nitrogens with zero attached hydrogens (tertiary/aromatic N) is 2. The molecule has 0 saturated carbocycles. The van der Waals surface area contributed by atoms with E-state index in [2.05, 4.69) is 0 Å². The van der Waals surface area contributed by atoms with Gasteiger partial charge in [0.05, 0.1) is 30.9 Å². The van der Waals surface area contributed by atoms with Crippen molar-refractivity contribution in [3.05, 3.63) is 53.1 Å². The fourth-order valence-electron chi connectivity index (χ4n) is 6.26. The maximum absolute atomic E-state index is 15.5. The molecule has 210 valence electrons. The van der Waals surface area contributed by atoms with Gasteiger partial charge < -0.3 is 19.1 Å². The number of hydrogen-bond donors (Lipinski definition) is 0. The normalized spacial score (nSPS) is 19.8. The Morgan fingerprint density at radius 2 is 1.82 bits per heavy atom. The molecule has 1 atom stereocenters. The van der Waals surface area contributed by atoms with Gasteiger partial charge in [0.15, 0.2) is 0 Å². The number of piperidine rings is 1. The van der Waals surface area contributed by atoms with E-state index in [0.29, 0.717) is 49.7 Å². The van der Waals surface area contributed by atoms with Gasteiger partial charge in [0, 0.05) is 25.2 Å². The number of halogens is 2. The summed E-state index contributed by atoms with van der Waals surface area (Å²) in [5, 5.41) is 0. The summed E-state index contributed by atoms with van der Waals surface area (Å²) in [6, 6.07) is 7.86. The number of carbonyl (C=O) groups is 2. The Balaban J connectivity index is 1.35. The average Bonchev–Trinajstić information content (AvgIpc) is 3.14. The topological polar surface area (TPSA) is 68.3 Å². The number of amides is 1. The summed E-state index contributed by atoms with van der Waals surface area (Å²) >= 11 is 0. The molecular weight excluding hydrogens is 506 g/mol. The van der Waals surface area contributed by atoms with Crippen molar-refractivity contribution in [3.63, 3.8) is 0 Å². The Morgan fingerprint density at radius 1 is 1.08 bits per heavy atom. The van der Waals surface area contributed by atoms with Gasteiger partial charge in [-0.05, 0) is 81.5 Å². The third-order valence-corrected chi connectivity index (χ3v) is 7.95. The van der Waals surface area contributed by atoms with Crippen molar-refractivity contribution in [3.8, 4) is 5.75 Å². The highest BCUT2D eigenvalue weighted by Gasteiger charge is 2.46. The van der Waals surface area contributed by atoms with Crippen molar-refractivity contribution >= 4 is 23.4 Å². The fourth-order valence-corrected chi connectivity index (χ4v) is 6.26. The summed E-state index contributed by atoms with van der Waals surface area (Å²) in [7, 11) is 0. The first-order valence-electron chi connectivity index (χ1n) is 13.7. The fraction of sp³-hybridized carbons (Fsp3) is 0.533. The molecule has 0 radical (unpaired) electrons. The molecule has 1 spiro atoms. The maximum Gasteiger partial charge on any atom is 0.415 e. The number of esters is 1. The number of hydrogen-bond acceptors (Lipinski definition) is 6. The van der Waals surface area contributed by atoms with Crippen LogP contribution in [0.3, 0.4) is 0 Å². The molecule has 3 aliphatic rings. The summed E-state index contributed by atoms with van der Waals surface area (Å²) in [5.74, 6) is -0.573. The van der Waals surface area contributed by atoms with Crippen LogP contribution in [0.25, 0.3) is 0 Å². The van der Waals surface area contributed by atoms with Crippen LogP contribution in [0.4, 0.5) is 25.0 Å². The monoisotopic (exact) mass is 542 g/mol. The van der Waals surface area contributed by atoms with Crippen LogP contribution in [0.2, 0.25) is 0 Å².